The number of likely N-dealkylation sites (N-methyl/N-ethyl adjacent to an activating group) is 2. The predicted molar refractivity (Wildman–Crippen MR) is 137 cm³/mol. The molecule has 2 aromatic carbocycles. The number of carbonyl (C=O) groups is 1. The van der Waals surface area contributed by atoms with Crippen LogP contribution in [0.5, 0.6) is 28.7 Å². The number of aromatic hydroxyl groups is 1. The minimum Gasteiger partial charge on any atom is -0.502 e. The van der Waals surface area contributed by atoms with Gasteiger partial charge in [-0.25, -0.2) is 0 Å². The molecular formula is C28H36N2O7. The smallest absolute Gasteiger partial charge is 0.310 e. The molecule has 2 aliphatic heterocycles. The Morgan fingerprint density at radius 3 is 2.30 bits per heavy atom. The summed E-state index contributed by atoms with van der Waals surface area (Å²) < 4.78 is 28.7. The van der Waals surface area contributed by atoms with E-state index in [-0.39, 0.29) is 35.8 Å². The van der Waals surface area contributed by atoms with Crippen molar-refractivity contribution in [2.45, 2.75) is 25.0 Å². The van der Waals surface area contributed by atoms with E-state index in [1.165, 1.54) is 14.2 Å². The Hall–Kier alpha value is -3.17. The number of methoxy groups -OCH3 is 2. The molecule has 2 aromatic rings. The maximum absolute atomic E-state index is 12.9. The Kier molecular flexibility index (Phi) is 7.09. The number of nitrogens with zero attached hydrogens (tertiary/aromatic N) is 2. The van der Waals surface area contributed by atoms with Crippen LogP contribution in [0.3, 0.4) is 0 Å². The van der Waals surface area contributed by atoms with Gasteiger partial charge in [-0.15, -0.1) is 0 Å². The van der Waals surface area contributed by atoms with Crippen LogP contribution in [0, 0.1) is 11.8 Å². The molecule has 3 aliphatic rings. The van der Waals surface area contributed by atoms with Gasteiger partial charge in [0.25, 0.3) is 0 Å². The van der Waals surface area contributed by atoms with E-state index in [2.05, 4.69) is 37.0 Å². The summed E-state index contributed by atoms with van der Waals surface area (Å²) in [4.78, 5) is 17.4. The lowest BCUT2D eigenvalue weighted by atomic mass is 9.67. The van der Waals surface area contributed by atoms with E-state index in [1.807, 2.05) is 6.07 Å². The Morgan fingerprint density at radius 1 is 0.973 bits per heavy atom. The van der Waals surface area contributed by atoms with Gasteiger partial charge in [0.15, 0.2) is 23.0 Å². The van der Waals surface area contributed by atoms with Crippen LogP contribution < -0.4 is 18.9 Å². The maximum atomic E-state index is 12.9. The Bertz CT molecular complexity index is 1140. The molecule has 4 unspecified atom stereocenters. The molecular weight excluding hydrogens is 476 g/mol. The van der Waals surface area contributed by atoms with Gasteiger partial charge in [0.1, 0.15) is 0 Å². The van der Waals surface area contributed by atoms with Crippen molar-refractivity contribution < 1.29 is 33.6 Å². The highest BCUT2D eigenvalue weighted by Crippen LogP contribution is 2.52. The first-order chi connectivity index (χ1) is 17.8. The largest absolute Gasteiger partial charge is 0.502 e. The van der Waals surface area contributed by atoms with Crippen LogP contribution in [0.15, 0.2) is 24.3 Å². The van der Waals surface area contributed by atoms with E-state index in [1.54, 1.807) is 12.1 Å². The first kappa shape index (κ1) is 25.5. The standard InChI is InChI=1S/C28H36N2O7/c1-29(2)8-9-30(3)7-6-24-36-20-11-16-10-18-15-35-28(32)26(18)25(19(16)14-21(20)37-24)17-12-22(33-4)27(31)23(13-17)34-5/h11-14,18,24-26,31H,6-10,15H2,1-5H3. The Balaban J connectivity index is 1.44. The molecule has 4 atom stereocenters. The molecule has 0 spiro atoms. The summed E-state index contributed by atoms with van der Waals surface area (Å²) in [5, 5.41) is 10.5. The van der Waals surface area contributed by atoms with Crippen molar-refractivity contribution in [3.8, 4) is 28.7 Å². The van der Waals surface area contributed by atoms with Gasteiger partial charge >= 0.3 is 5.97 Å². The second-order valence-corrected chi connectivity index (χ2v) is 10.4. The fourth-order valence-corrected chi connectivity index (χ4v) is 5.63. The number of esters is 1. The van der Waals surface area contributed by atoms with Crippen LogP contribution in [-0.4, -0.2) is 88.8 Å². The summed E-state index contributed by atoms with van der Waals surface area (Å²) in [5.41, 5.74) is 2.93. The van der Waals surface area contributed by atoms with Gasteiger partial charge in [0, 0.05) is 37.9 Å². The van der Waals surface area contributed by atoms with Crippen molar-refractivity contribution in [2.75, 3.05) is 61.6 Å². The first-order valence-corrected chi connectivity index (χ1v) is 12.7. The number of hydrogen-bond donors (Lipinski definition) is 1. The molecule has 0 amide bonds. The molecule has 0 radical (unpaired) electrons. The number of cyclic esters (lactones) is 1. The molecule has 9 heteroatoms. The van der Waals surface area contributed by atoms with Crippen molar-refractivity contribution in [3.63, 3.8) is 0 Å². The van der Waals surface area contributed by atoms with Crippen LogP contribution in [0.4, 0.5) is 0 Å². The van der Waals surface area contributed by atoms with E-state index in [4.69, 9.17) is 23.7 Å². The third-order valence-corrected chi connectivity index (χ3v) is 7.66. The average molecular weight is 513 g/mol. The highest BCUT2D eigenvalue weighted by molar-refractivity contribution is 5.78. The van der Waals surface area contributed by atoms with Crippen LogP contribution in [0.1, 0.15) is 29.0 Å². The quantitative estimate of drug-likeness (QED) is 0.510. The lowest BCUT2D eigenvalue weighted by molar-refractivity contribution is -0.141. The third-order valence-electron chi connectivity index (χ3n) is 7.66. The maximum Gasteiger partial charge on any atom is 0.310 e. The van der Waals surface area contributed by atoms with Gasteiger partial charge in [-0.05, 0) is 68.5 Å². The molecule has 200 valence electrons. The second-order valence-electron chi connectivity index (χ2n) is 10.4. The summed E-state index contributed by atoms with van der Waals surface area (Å²) in [6, 6.07) is 7.62. The summed E-state index contributed by atoms with van der Waals surface area (Å²) in [5.74, 6) is 1.16. The molecule has 0 saturated carbocycles. The van der Waals surface area contributed by atoms with Crippen LogP contribution >= 0.6 is 0 Å². The number of carbonyl (C=O) groups excluding carboxylic acids is 1. The van der Waals surface area contributed by atoms with Crippen molar-refractivity contribution in [2.24, 2.45) is 11.8 Å². The molecule has 5 rings (SSSR count). The molecule has 0 aromatic heterocycles. The highest BCUT2D eigenvalue weighted by Gasteiger charge is 2.48. The zero-order chi connectivity index (χ0) is 26.3. The van der Waals surface area contributed by atoms with Gasteiger partial charge < -0.3 is 38.6 Å². The van der Waals surface area contributed by atoms with Gasteiger partial charge in [-0.3, -0.25) is 4.79 Å². The number of benzene rings is 2. The summed E-state index contributed by atoms with van der Waals surface area (Å²) in [6.07, 6.45) is 1.12. The minimum atomic E-state index is -0.350. The SMILES string of the molecule is COc1cc(C2c3cc4c(cc3CC3COC(=O)C32)OC(CCN(C)CCN(C)C)O4)cc(OC)c1O. The molecule has 1 aliphatic carbocycles. The zero-order valence-corrected chi connectivity index (χ0v) is 22.2. The fourth-order valence-electron chi connectivity index (χ4n) is 5.63. The van der Waals surface area contributed by atoms with Crippen molar-refractivity contribution in [3.05, 3.63) is 41.0 Å². The number of rotatable bonds is 9. The average Bonchev–Trinajstić information content (AvgIpc) is 3.46. The third kappa shape index (κ3) is 4.90. The highest BCUT2D eigenvalue weighted by atomic mass is 16.7. The van der Waals surface area contributed by atoms with E-state index < -0.39 is 0 Å². The molecule has 1 saturated heterocycles. The van der Waals surface area contributed by atoms with E-state index in [0.717, 1.165) is 54.9 Å². The number of ether oxygens (including phenoxy) is 5. The Morgan fingerprint density at radius 2 is 1.65 bits per heavy atom. The van der Waals surface area contributed by atoms with Crippen LogP contribution in [0.2, 0.25) is 0 Å². The topological polar surface area (TPSA) is 89.9 Å². The summed E-state index contributed by atoms with van der Waals surface area (Å²) in [6.45, 7) is 3.22. The van der Waals surface area contributed by atoms with Crippen LogP contribution in [0.25, 0.3) is 0 Å². The monoisotopic (exact) mass is 512 g/mol. The predicted octanol–water partition coefficient (Wildman–Crippen LogP) is 2.87. The van der Waals surface area contributed by atoms with Gasteiger partial charge in [-0.2, -0.15) is 0 Å². The molecule has 1 fully saturated rings. The van der Waals surface area contributed by atoms with Crippen molar-refractivity contribution >= 4 is 5.97 Å². The molecule has 37 heavy (non-hydrogen) atoms. The zero-order valence-electron chi connectivity index (χ0n) is 22.2. The summed E-state index contributed by atoms with van der Waals surface area (Å²) >= 11 is 0. The molecule has 9 nitrogen and oxygen atoms in total. The van der Waals surface area contributed by atoms with Crippen molar-refractivity contribution in [1.29, 1.82) is 0 Å². The van der Waals surface area contributed by atoms with Gasteiger partial charge in [-0.1, -0.05) is 0 Å². The van der Waals surface area contributed by atoms with Crippen molar-refractivity contribution in [1.82, 2.24) is 9.80 Å². The molecule has 2 heterocycles. The van der Waals surface area contributed by atoms with E-state index >= 15 is 0 Å². The number of hydrogen-bond acceptors (Lipinski definition) is 9. The number of phenols is 1. The number of phenolic OH excluding ortho intramolecular Hbond substituents is 1. The lowest BCUT2D eigenvalue weighted by Gasteiger charge is -2.33. The normalized spacial score (nSPS) is 23.7. The second kappa shape index (κ2) is 10.3. The Labute approximate surface area is 217 Å². The fraction of sp³-hybridized carbons (Fsp3) is 0.536. The van der Waals surface area contributed by atoms with Gasteiger partial charge in [0.2, 0.25) is 12.0 Å². The molecule has 1 N–H and O–H groups in total. The van der Waals surface area contributed by atoms with E-state index in [9.17, 15) is 9.90 Å². The first-order valence-electron chi connectivity index (χ1n) is 12.7. The minimum absolute atomic E-state index is 0.0531. The van der Waals surface area contributed by atoms with Crippen LogP contribution in [-0.2, 0) is 16.0 Å². The summed E-state index contributed by atoms with van der Waals surface area (Å²) in [7, 11) is 9.24. The van der Waals surface area contributed by atoms with Gasteiger partial charge in [0.05, 0.1) is 26.7 Å². The van der Waals surface area contributed by atoms with E-state index in [0.29, 0.717) is 23.9 Å². The lowest BCUT2D eigenvalue weighted by Crippen LogP contribution is -2.32. The molecule has 0 bridgehead atoms. The number of fused-ring (bicyclic) bond motifs is 3.